The lowest BCUT2D eigenvalue weighted by Gasteiger charge is -2.29. The molecule has 0 unspecified atom stereocenters. The number of unbranched alkanes of at least 4 members (excludes halogenated alkanes) is 11. The Bertz CT molecular complexity index is 604. The van der Waals surface area contributed by atoms with Crippen LogP contribution in [0.3, 0.4) is 0 Å². The minimum atomic E-state index is -1.83. The van der Waals surface area contributed by atoms with Gasteiger partial charge in [-0.1, -0.05) is 77.0 Å². The number of rotatable bonds is 23. The Morgan fingerprint density at radius 3 is 1.91 bits per heavy atom. The molecular formula is C27H46O8. The lowest BCUT2D eigenvalue weighted by molar-refractivity contribution is -0.182. The van der Waals surface area contributed by atoms with E-state index in [0.29, 0.717) is 6.42 Å². The quantitative estimate of drug-likeness (QED) is 0.0635. The third-order valence-corrected chi connectivity index (χ3v) is 5.70. The molecule has 0 spiro atoms. The highest BCUT2D eigenvalue weighted by Crippen LogP contribution is 2.15. The van der Waals surface area contributed by atoms with Crippen LogP contribution in [-0.4, -0.2) is 64.6 Å². The third kappa shape index (κ3) is 17.1. The van der Waals surface area contributed by atoms with Gasteiger partial charge in [-0.15, -0.1) is 0 Å². The molecule has 4 atom stereocenters. The van der Waals surface area contributed by atoms with Crippen molar-refractivity contribution < 1.29 is 39.2 Å². The Labute approximate surface area is 210 Å². The Morgan fingerprint density at radius 2 is 1.40 bits per heavy atom. The Kier molecular flexibility index (Phi) is 21.1. The number of hydrogen-bond donors (Lipinski definition) is 3. The van der Waals surface area contributed by atoms with E-state index in [4.69, 9.17) is 14.6 Å². The van der Waals surface area contributed by atoms with Crippen molar-refractivity contribution in [2.45, 2.75) is 121 Å². The maximum absolute atomic E-state index is 12.1. The number of carbonyl (C=O) groups excluding carboxylic acids is 3. The molecule has 0 aliphatic carbocycles. The van der Waals surface area contributed by atoms with E-state index in [9.17, 15) is 24.6 Å². The molecule has 0 aliphatic rings. The van der Waals surface area contributed by atoms with E-state index in [1.165, 1.54) is 38.5 Å². The van der Waals surface area contributed by atoms with E-state index >= 15 is 0 Å². The first-order valence-corrected chi connectivity index (χ1v) is 13.0. The molecule has 0 aromatic heterocycles. The molecule has 0 aliphatic heterocycles. The molecule has 0 saturated carbocycles. The highest BCUT2D eigenvalue weighted by molar-refractivity contribution is 5.82. The van der Waals surface area contributed by atoms with Crippen molar-refractivity contribution in [2.75, 3.05) is 6.61 Å². The zero-order chi connectivity index (χ0) is 26.3. The third-order valence-electron chi connectivity index (χ3n) is 5.70. The van der Waals surface area contributed by atoms with Crippen molar-refractivity contribution in [3.63, 3.8) is 0 Å². The van der Waals surface area contributed by atoms with Gasteiger partial charge in [0.1, 0.15) is 12.2 Å². The maximum atomic E-state index is 12.1. The molecule has 202 valence electrons. The summed E-state index contributed by atoms with van der Waals surface area (Å²) in [4.78, 5) is 35.1. The first kappa shape index (κ1) is 33.0. The van der Waals surface area contributed by atoms with Crippen LogP contribution in [0.4, 0.5) is 0 Å². The average molecular weight is 499 g/mol. The molecule has 0 aromatic carbocycles. The first-order valence-electron chi connectivity index (χ1n) is 13.0. The molecule has 35 heavy (non-hydrogen) atoms. The fourth-order valence-electron chi connectivity index (χ4n) is 3.56. The number of aliphatic hydroxyl groups is 3. The van der Waals surface area contributed by atoms with Gasteiger partial charge in [-0.3, -0.25) is 9.59 Å². The Morgan fingerprint density at radius 1 is 0.857 bits per heavy atom. The highest BCUT2D eigenvalue weighted by Gasteiger charge is 2.37. The van der Waals surface area contributed by atoms with Gasteiger partial charge < -0.3 is 24.8 Å². The second-order valence-corrected chi connectivity index (χ2v) is 8.77. The van der Waals surface area contributed by atoms with Gasteiger partial charge in [0.25, 0.3) is 0 Å². The summed E-state index contributed by atoms with van der Waals surface area (Å²) in [6, 6.07) is 0. The van der Waals surface area contributed by atoms with Gasteiger partial charge in [-0.25, -0.2) is 4.79 Å². The normalized spacial score (nSPS) is 14.7. The van der Waals surface area contributed by atoms with E-state index in [1.807, 2.05) is 0 Å². The average Bonchev–Trinajstić information content (AvgIpc) is 2.87. The molecule has 0 aromatic rings. The summed E-state index contributed by atoms with van der Waals surface area (Å²) in [5, 5.41) is 28.7. The minimum absolute atomic E-state index is 0.0727. The van der Waals surface area contributed by atoms with Gasteiger partial charge in [0, 0.05) is 12.5 Å². The second-order valence-electron chi connectivity index (χ2n) is 8.77. The van der Waals surface area contributed by atoms with Crippen molar-refractivity contribution in [2.24, 2.45) is 0 Å². The predicted octanol–water partition coefficient (Wildman–Crippen LogP) is 3.95. The molecule has 0 rings (SSSR count). The fraction of sp³-hybridized carbons (Fsp3) is 0.741. The lowest BCUT2D eigenvalue weighted by Crippen LogP contribution is -2.50. The molecular weight excluding hydrogens is 452 g/mol. The number of allylic oxidation sites excluding steroid dienone is 2. The molecule has 0 fully saturated rings. The van der Waals surface area contributed by atoms with Gasteiger partial charge >= 0.3 is 11.9 Å². The van der Waals surface area contributed by atoms with Gasteiger partial charge in [-0.05, 0) is 32.1 Å². The smallest absolute Gasteiger partial charge is 0.330 e. The number of hydrogen-bond acceptors (Lipinski definition) is 8. The minimum Gasteiger partial charge on any atom is -0.452 e. The number of carbonyl (C=O) groups is 3. The molecule has 0 amide bonds. The summed E-state index contributed by atoms with van der Waals surface area (Å²) in [5.41, 5.74) is 0. The fourth-order valence-corrected chi connectivity index (χ4v) is 3.56. The van der Waals surface area contributed by atoms with E-state index in [1.54, 1.807) is 0 Å². The molecule has 8 nitrogen and oxygen atoms in total. The zero-order valence-corrected chi connectivity index (χ0v) is 21.3. The first-order chi connectivity index (χ1) is 16.9. The Balaban J connectivity index is 4.11. The highest BCUT2D eigenvalue weighted by atomic mass is 16.6. The van der Waals surface area contributed by atoms with Crippen LogP contribution in [0.1, 0.15) is 96.8 Å². The summed E-state index contributed by atoms with van der Waals surface area (Å²) in [6.07, 6.45) is 13.5. The van der Waals surface area contributed by atoms with Gasteiger partial charge in [0.15, 0.2) is 18.5 Å². The summed E-state index contributed by atoms with van der Waals surface area (Å²) >= 11 is 0. The molecule has 3 N–H and O–H groups in total. The van der Waals surface area contributed by atoms with Crippen LogP contribution >= 0.6 is 0 Å². The van der Waals surface area contributed by atoms with E-state index < -0.39 is 43.0 Å². The zero-order valence-electron chi connectivity index (χ0n) is 21.3. The van der Waals surface area contributed by atoms with Crippen LogP contribution in [0.15, 0.2) is 24.8 Å². The number of esters is 2. The second kappa shape index (κ2) is 22.4. The van der Waals surface area contributed by atoms with E-state index in [-0.39, 0.29) is 12.7 Å². The molecule has 0 radical (unpaired) electrons. The molecule has 8 heteroatoms. The predicted molar refractivity (Wildman–Crippen MR) is 135 cm³/mol. The SMILES string of the molecule is C=CC(=O)O[C@@H]([C@H](O)[C@H](O)CO)[C@H](C=O)OC(=O)CCCCCCC/C=C\CCCCCCCC. The largest absolute Gasteiger partial charge is 0.452 e. The van der Waals surface area contributed by atoms with E-state index in [2.05, 4.69) is 25.7 Å². The monoisotopic (exact) mass is 498 g/mol. The number of aldehydes is 1. The van der Waals surface area contributed by atoms with Crippen LogP contribution in [0.2, 0.25) is 0 Å². The van der Waals surface area contributed by atoms with Crippen LogP contribution in [-0.2, 0) is 23.9 Å². The summed E-state index contributed by atoms with van der Waals surface area (Å²) in [6.45, 7) is 4.61. The van der Waals surface area contributed by atoms with Gasteiger partial charge in [-0.2, -0.15) is 0 Å². The molecule has 0 saturated heterocycles. The maximum Gasteiger partial charge on any atom is 0.330 e. The van der Waals surface area contributed by atoms with Gasteiger partial charge in [0.2, 0.25) is 0 Å². The Hall–Kier alpha value is -2.03. The van der Waals surface area contributed by atoms with Crippen LogP contribution in [0, 0.1) is 0 Å². The summed E-state index contributed by atoms with van der Waals surface area (Å²) in [5.74, 6) is -1.65. The van der Waals surface area contributed by atoms with Crippen LogP contribution < -0.4 is 0 Å². The number of ether oxygens (including phenoxy) is 2. The van der Waals surface area contributed by atoms with Gasteiger partial charge in [0.05, 0.1) is 6.61 Å². The lowest BCUT2D eigenvalue weighted by atomic mass is 10.0. The van der Waals surface area contributed by atoms with Crippen molar-refractivity contribution in [3.8, 4) is 0 Å². The van der Waals surface area contributed by atoms with Crippen LogP contribution in [0.5, 0.6) is 0 Å². The summed E-state index contributed by atoms with van der Waals surface area (Å²) < 4.78 is 9.94. The van der Waals surface area contributed by atoms with Crippen molar-refractivity contribution in [1.82, 2.24) is 0 Å². The topological polar surface area (TPSA) is 130 Å². The molecule has 0 bridgehead atoms. The van der Waals surface area contributed by atoms with E-state index in [0.717, 1.165) is 44.6 Å². The van der Waals surface area contributed by atoms with Crippen molar-refractivity contribution in [1.29, 1.82) is 0 Å². The number of aliphatic hydroxyl groups excluding tert-OH is 3. The van der Waals surface area contributed by atoms with Crippen molar-refractivity contribution in [3.05, 3.63) is 24.8 Å². The van der Waals surface area contributed by atoms with Crippen LogP contribution in [0.25, 0.3) is 0 Å². The molecule has 0 heterocycles. The van der Waals surface area contributed by atoms with Crippen molar-refractivity contribution >= 4 is 18.2 Å². The standard InChI is InChI=1S/C27H46O8/c1-3-5-6-7-8-9-10-11-12-13-14-15-16-17-18-19-25(32)34-23(21-29)27(35-24(31)4-2)26(33)22(30)20-28/h4,11-12,21-23,26-28,30,33H,2-3,5-10,13-20H2,1H3/b12-11-/t22-,23+,26-,27-/m1/s1. The summed E-state index contributed by atoms with van der Waals surface area (Å²) in [7, 11) is 0.